The second-order valence-electron chi connectivity index (χ2n) is 7.41. The van der Waals surface area contributed by atoms with Crippen molar-refractivity contribution in [3.05, 3.63) is 52.5 Å². The summed E-state index contributed by atoms with van der Waals surface area (Å²) >= 11 is 12.6. The topological polar surface area (TPSA) is 52.8 Å². The molecule has 0 saturated carbocycles. The number of H-pyrrole nitrogens is 2. The Morgan fingerprint density at radius 2 is 1.39 bits per heavy atom. The molecule has 3 aromatic carbocycles. The van der Waals surface area contributed by atoms with Gasteiger partial charge in [-0.1, -0.05) is 23.2 Å². The summed E-state index contributed by atoms with van der Waals surface area (Å²) in [5.41, 5.74) is 4.08. The van der Waals surface area contributed by atoms with Gasteiger partial charge < -0.3 is 20.0 Å². The van der Waals surface area contributed by atoms with E-state index in [0.29, 0.717) is 0 Å². The molecule has 28 heavy (non-hydrogen) atoms. The first-order valence-electron chi connectivity index (χ1n) is 9.39. The number of ether oxygens (including phenoxy) is 1. The van der Waals surface area contributed by atoms with E-state index in [0.717, 1.165) is 78.9 Å². The maximum Gasteiger partial charge on any atom is 0.167 e. The van der Waals surface area contributed by atoms with E-state index >= 15 is 0 Å². The fourth-order valence-electron chi connectivity index (χ4n) is 4.31. The van der Waals surface area contributed by atoms with E-state index < -0.39 is 0 Å². The van der Waals surface area contributed by atoms with E-state index in [2.05, 4.69) is 21.4 Å². The van der Waals surface area contributed by atoms with Crippen LogP contribution in [-0.4, -0.2) is 29.2 Å². The molecule has 1 unspecified atom stereocenters. The fraction of sp³-hybridized carbons (Fsp3) is 0.182. The SMILES string of the molecule is Clc1ccc2[nH]c3c(OC4CCNC4)c4[nH]c5ccc(Cl)cc5c4cc3c2c1. The van der Waals surface area contributed by atoms with Crippen LogP contribution in [0.5, 0.6) is 5.75 Å². The summed E-state index contributed by atoms with van der Waals surface area (Å²) in [7, 11) is 0. The largest absolute Gasteiger partial charge is 0.485 e. The molecule has 4 nitrogen and oxygen atoms in total. The van der Waals surface area contributed by atoms with Gasteiger partial charge in [0.2, 0.25) is 0 Å². The number of benzene rings is 3. The number of rotatable bonds is 2. The average molecular weight is 410 g/mol. The Bertz CT molecular complexity index is 1280. The van der Waals surface area contributed by atoms with E-state index in [9.17, 15) is 0 Å². The second-order valence-corrected chi connectivity index (χ2v) is 8.29. The molecule has 0 spiro atoms. The predicted molar refractivity (Wildman–Crippen MR) is 117 cm³/mol. The Hall–Kier alpha value is -2.40. The van der Waals surface area contributed by atoms with Gasteiger partial charge in [-0.05, 0) is 55.4 Å². The van der Waals surface area contributed by atoms with Crippen molar-refractivity contribution in [2.24, 2.45) is 0 Å². The highest BCUT2D eigenvalue weighted by Gasteiger charge is 2.22. The standard InChI is InChI=1S/C22H17Cl2N3O/c23-11-1-3-18-14(7-11)16-9-17-15-8-12(24)2-4-19(15)27-21(17)22(20(16)26-18)28-13-5-6-25-10-13/h1-4,7-9,13,25-27H,5-6,10H2. The van der Waals surface area contributed by atoms with Crippen LogP contribution in [-0.2, 0) is 0 Å². The minimum atomic E-state index is 0.152. The molecule has 0 radical (unpaired) electrons. The maximum absolute atomic E-state index is 6.53. The molecule has 140 valence electrons. The zero-order valence-corrected chi connectivity index (χ0v) is 16.4. The summed E-state index contributed by atoms with van der Waals surface area (Å²) in [5, 5.41) is 9.21. The molecule has 0 aliphatic carbocycles. The molecule has 1 aliphatic rings. The summed E-state index contributed by atoms with van der Waals surface area (Å²) in [6, 6.07) is 14.1. The highest BCUT2D eigenvalue weighted by Crippen LogP contribution is 2.42. The number of halogens is 2. The Morgan fingerprint density at radius 3 is 1.93 bits per heavy atom. The number of hydrogen-bond donors (Lipinski definition) is 3. The first-order chi connectivity index (χ1) is 13.7. The Kier molecular flexibility index (Phi) is 3.57. The van der Waals surface area contributed by atoms with Crippen LogP contribution < -0.4 is 10.1 Å². The Labute approximate surface area is 170 Å². The van der Waals surface area contributed by atoms with Crippen LogP contribution >= 0.6 is 23.2 Å². The van der Waals surface area contributed by atoms with Crippen LogP contribution in [0.3, 0.4) is 0 Å². The average Bonchev–Trinajstić information content (AvgIpc) is 3.39. The number of hydrogen-bond acceptors (Lipinski definition) is 2. The van der Waals surface area contributed by atoms with Gasteiger partial charge in [-0.25, -0.2) is 0 Å². The molecule has 5 aromatic rings. The molecule has 1 aliphatic heterocycles. The molecule has 0 amide bonds. The van der Waals surface area contributed by atoms with Crippen LogP contribution in [0.15, 0.2) is 42.5 Å². The minimum Gasteiger partial charge on any atom is -0.485 e. The second kappa shape index (κ2) is 6.05. The minimum absolute atomic E-state index is 0.152. The summed E-state index contributed by atoms with van der Waals surface area (Å²) < 4.78 is 6.53. The molecular formula is C22H17Cl2N3O. The lowest BCUT2D eigenvalue weighted by molar-refractivity contribution is 0.228. The fourth-order valence-corrected chi connectivity index (χ4v) is 4.65. The Balaban J connectivity index is 1.75. The zero-order chi connectivity index (χ0) is 18.8. The normalized spacial score (nSPS) is 17.4. The third-order valence-corrected chi connectivity index (χ3v) is 6.11. The number of fused-ring (bicyclic) bond motifs is 6. The van der Waals surface area contributed by atoms with Crippen molar-refractivity contribution < 1.29 is 4.74 Å². The summed E-state index contributed by atoms with van der Waals surface area (Å²) in [6.45, 7) is 1.84. The van der Waals surface area contributed by atoms with Crippen molar-refractivity contribution in [1.82, 2.24) is 15.3 Å². The molecule has 1 fully saturated rings. The molecule has 3 heterocycles. The monoisotopic (exact) mass is 409 g/mol. The van der Waals surface area contributed by atoms with Gasteiger partial charge in [0.05, 0.1) is 11.0 Å². The van der Waals surface area contributed by atoms with E-state index in [1.165, 1.54) is 0 Å². The molecule has 0 bridgehead atoms. The van der Waals surface area contributed by atoms with Crippen molar-refractivity contribution in [3.8, 4) is 5.75 Å². The van der Waals surface area contributed by atoms with Crippen LogP contribution in [0.2, 0.25) is 10.0 Å². The summed E-state index contributed by atoms with van der Waals surface area (Å²) in [6.07, 6.45) is 1.15. The van der Waals surface area contributed by atoms with Gasteiger partial charge in [0.1, 0.15) is 6.10 Å². The van der Waals surface area contributed by atoms with Crippen molar-refractivity contribution in [3.63, 3.8) is 0 Å². The first kappa shape index (κ1) is 16.5. The number of nitrogens with one attached hydrogen (secondary N) is 3. The van der Waals surface area contributed by atoms with Crippen molar-refractivity contribution in [1.29, 1.82) is 0 Å². The molecule has 6 heteroatoms. The number of aromatic nitrogens is 2. The van der Waals surface area contributed by atoms with E-state index in [1.54, 1.807) is 0 Å². The lowest BCUT2D eigenvalue weighted by atomic mass is 10.1. The van der Waals surface area contributed by atoms with E-state index in [1.807, 2.05) is 36.4 Å². The van der Waals surface area contributed by atoms with Gasteiger partial charge in [-0.2, -0.15) is 0 Å². The molecular weight excluding hydrogens is 393 g/mol. The van der Waals surface area contributed by atoms with E-state index in [-0.39, 0.29) is 6.10 Å². The highest BCUT2D eigenvalue weighted by molar-refractivity contribution is 6.33. The summed E-state index contributed by atoms with van der Waals surface area (Å²) in [4.78, 5) is 7.09. The summed E-state index contributed by atoms with van der Waals surface area (Å²) in [5.74, 6) is 0.862. The van der Waals surface area contributed by atoms with Crippen molar-refractivity contribution in [2.45, 2.75) is 12.5 Å². The van der Waals surface area contributed by atoms with Crippen LogP contribution in [0.1, 0.15) is 6.42 Å². The lowest BCUT2D eigenvalue weighted by Gasteiger charge is -2.14. The van der Waals surface area contributed by atoms with E-state index in [4.69, 9.17) is 27.9 Å². The first-order valence-corrected chi connectivity index (χ1v) is 10.2. The molecule has 6 rings (SSSR count). The highest BCUT2D eigenvalue weighted by atomic mass is 35.5. The zero-order valence-electron chi connectivity index (χ0n) is 14.9. The number of aromatic amines is 2. The van der Waals surface area contributed by atoms with Crippen molar-refractivity contribution in [2.75, 3.05) is 13.1 Å². The predicted octanol–water partition coefficient (Wildman–Crippen LogP) is 6.00. The van der Waals surface area contributed by atoms with Crippen LogP contribution in [0.4, 0.5) is 0 Å². The van der Waals surface area contributed by atoms with Crippen molar-refractivity contribution >= 4 is 66.8 Å². The maximum atomic E-state index is 6.53. The quantitative estimate of drug-likeness (QED) is 0.334. The molecule has 3 N–H and O–H groups in total. The van der Waals surface area contributed by atoms with Gasteiger partial charge in [-0.15, -0.1) is 0 Å². The van der Waals surface area contributed by atoms with Gasteiger partial charge in [-0.3, -0.25) is 0 Å². The molecule has 1 atom stereocenters. The van der Waals surface area contributed by atoms with Crippen LogP contribution in [0, 0.1) is 0 Å². The third-order valence-electron chi connectivity index (χ3n) is 5.64. The third kappa shape index (κ3) is 2.42. The van der Waals surface area contributed by atoms with Crippen LogP contribution in [0.25, 0.3) is 43.6 Å². The van der Waals surface area contributed by atoms with Gasteiger partial charge in [0.15, 0.2) is 5.75 Å². The molecule has 1 saturated heterocycles. The molecule has 2 aromatic heterocycles. The van der Waals surface area contributed by atoms with Gasteiger partial charge >= 0.3 is 0 Å². The Morgan fingerprint density at radius 1 is 0.786 bits per heavy atom. The lowest BCUT2D eigenvalue weighted by Crippen LogP contribution is -2.19. The van der Waals surface area contributed by atoms with Gasteiger partial charge in [0, 0.05) is 49.2 Å². The smallest absolute Gasteiger partial charge is 0.167 e. The van der Waals surface area contributed by atoms with Gasteiger partial charge in [0.25, 0.3) is 0 Å².